The van der Waals surface area contributed by atoms with Crippen LogP contribution < -0.4 is 4.74 Å². The Morgan fingerprint density at radius 3 is 2.86 bits per heavy atom. The van der Waals surface area contributed by atoms with Gasteiger partial charge in [-0.05, 0) is 56.4 Å². The molecule has 2 heterocycles. The molecule has 21 heavy (non-hydrogen) atoms. The Kier molecular flexibility index (Phi) is 3.57. The second-order valence-electron chi connectivity index (χ2n) is 6.32. The van der Waals surface area contributed by atoms with Crippen molar-refractivity contribution in [2.24, 2.45) is 0 Å². The molecule has 1 fully saturated rings. The molecular weight excluding hydrogens is 280 g/mol. The van der Waals surface area contributed by atoms with E-state index in [2.05, 4.69) is 16.9 Å². The summed E-state index contributed by atoms with van der Waals surface area (Å²) in [6.45, 7) is 2.29. The quantitative estimate of drug-likeness (QED) is 0.813. The first kappa shape index (κ1) is 13.5. The average molecular weight is 302 g/mol. The Hall–Kier alpha value is -1.16. The lowest BCUT2D eigenvalue weighted by Crippen LogP contribution is -2.20. The number of aromatic nitrogens is 2. The first-order valence-corrected chi connectivity index (χ1v) is 9.11. The highest BCUT2D eigenvalue weighted by Gasteiger charge is 2.29. The van der Waals surface area contributed by atoms with Gasteiger partial charge >= 0.3 is 0 Å². The van der Waals surface area contributed by atoms with Crippen molar-refractivity contribution in [3.05, 3.63) is 16.8 Å². The minimum Gasteiger partial charge on any atom is -0.474 e. The van der Waals surface area contributed by atoms with Crippen molar-refractivity contribution in [3.63, 3.8) is 0 Å². The van der Waals surface area contributed by atoms with Gasteiger partial charge in [-0.2, -0.15) is 0 Å². The number of ether oxygens (including phenoxy) is 1. The molecule has 0 saturated heterocycles. The average Bonchev–Trinajstić information content (AvgIpc) is 3.07. The first-order valence-electron chi connectivity index (χ1n) is 8.29. The summed E-state index contributed by atoms with van der Waals surface area (Å²) < 4.78 is 6.30. The maximum atomic E-state index is 6.30. The van der Waals surface area contributed by atoms with Crippen LogP contribution in [0.2, 0.25) is 0 Å². The van der Waals surface area contributed by atoms with E-state index in [0.717, 1.165) is 10.7 Å². The van der Waals surface area contributed by atoms with Gasteiger partial charge in [-0.1, -0.05) is 13.3 Å². The largest absolute Gasteiger partial charge is 0.474 e. The molecule has 2 aromatic rings. The van der Waals surface area contributed by atoms with Gasteiger partial charge in [0, 0.05) is 4.88 Å². The molecule has 3 nitrogen and oxygen atoms in total. The molecular formula is C17H22N2OS. The monoisotopic (exact) mass is 302 g/mol. The molecule has 1 saturated carbocycles. The molecule has 0 aliphatic heterocycles. The first-order chi connectivity index (χ1) is 10.4. The van der Waals surface area contributed by atoms with Crippen LogP contribution in [-0.2, 0) is 6.42 Å². The summed E-state index contributed by atoms with van der Waals surface area (Å²) >= 11 is 1.85. The fourth-order valence-corrected chi connectivity index (χ4v) is 5.11. The van der Waals surface area contributed by atoms with Crippen LogP contribution in [-0.4, -0.2) is 16.1 Å². The van der Waals surface area contributed by atoms with Crippen LogP contribution in [0.5, 0.6) is 5.88 Å². The molecule has 2 aliphatic carbocycles. The zero-order chi connectivity index (χ0) is 14.2. The van der Waals surface area contributed by atoms with E-state index >= 15 is 0 Å². The summed E-state index contributed by atoms with van der Waals surface area (Å²) in [6, 6.07) is 0. The zero-order valence-corrected chi connectivity index (χ0v) is 13.4. The van der Waals surface area contributed by atoms with Gasteiger partial charge in [-0.25, -0.2) is 9.97 Å². The molecule has 0 unspecified atom stereocenters. The second-order valence-corrected chi connectivity index (χ2v) is 7.40. The van der Waals surface area contributed by atoms with E-state index in [4.69, 9.17) is 4.74 Å². The summed E-state index contributed by atoms with van der Waals surface area (Å²) in [6.07, 6.45) is 12.0. The van der Waals surface area contributed by atoms with Gasteiger partial charge in [0.15, 0.2) is 0 Å². The standard InChI is InChI=1S/C17H22N2OS/c1-2-11-8-9-13-14(11)15-16(18-10-19-17(15)21-13)20-12-6-4-3-5-7-12/h10-12H,2-9H2,1H3/t11-/m0/s1. The lowest BCUT2D eigenvalue weighted by molar-refractivity contribution is 0.150. The van der Waals surface area contributed by atoms with E-state index in [-0.39, 0.29) is 0 Å². The van der Waals surface area contributed by atoms with Crippen LogP contribution in [0.25, 0.3) is 10.2 Å². The Morgan fingerprint density at radius 1 is 1.19 bits per heavy atom. The third-order valence-corrected chi connectivity index (χ3v) is 6.19. The number of rotatable bonds is 3. The highest BCUT2D eigenvalue weighted by atomic mass is 32.1. The summed E-state index contributed by atoms with van der Waals surface area (Å²) in [4.78, 5) is 11.6. The lowest BCUT2D eigenvalue weighted by Gasteiger charge is -2.23. The van der Waals surface area contributed by atoms with Crippen molar-refractivity contribution in [3.8, 4) is 5.88 Å². The van der Waals surface area contributed by atoms with Gasteiger partial charge in [0.25, 0.3) is 0 Å². The van der Waals surface area contributed by atoms with Gasteiger partial charge in [0.2, 0.25) is 5.88 Å². The van der Waals surface area contributed by atoms with E-state index in [1.54, 1.807) is 6.33 Å². The van der Waals surface area contributed by atoms with Crippen LogP contribution in [0, 0.1) is 0 Å². The van der Waals surface area contributed by atoms with Crippen molar-refractivity contribution in [2.75, 3.05) is 0 Å². The summed E-state index contributed by atoms with van der Waals surface area (Å²) in [5, 5.41) is 1.23. The number of hydrogen-bond donors (Lipinski definition) is 0. The van der Waals surface area contributed by atoms with Gasteiger partial charge < -0.3 is 4.74 Å². The topological polar surface area (TPSA) is 35.0 Å². The summed E-state index contributed by atoms with van der Waals surface area (Å²) in [7, 11) is 0. The smallest absolute Gasteiger partial charge is 0.225 e. The number of nitrogens with zero attached hydrogens (tertiary/aromatic N) is 2. The van der Waals surface area contributed by atoms with E-state index in [0.29, 0.717) is 12.0 Å². The second kappa shape index (κ2) is 5.56. The van der Waals surface area contributed by atoms with E-state index in [1.165, 1.54) is 67.2 Å². The fraction of sp³-hybridized carbons (Fsp3) is 0.647. The highest BCUT2D eigenvalue weighted by Crippen LogP contribution is 2.47. The molecule has 0 radical (unpaired) electrons. The zero-order valence-electron chi connectivity index (χ0n) is 12.6. The SMILES string of the molecule is CC[C@H]1CCc2sc3ncnc(OC4CCCCC4)c3c21. The lowest BCUT2D eigenvalue weighted by atomic mass is 9.97. The van der Waals surface area contributed by atoms with Crippen molar-refractivity contribution in [1.82, 2.24) is 9.97 Å². The Balaban J connectivity index is 1.74. The van der Waals surface area contributed by atoms with Crippen LogP contribution >= 0.6 is 11.3 Å². The normalized spacial score (nSPS) is 22.6. The molecule has 0 aromatic carbocycles. The predicted octanol–water partition coefficient (Wildman–Crippen LogP) is 4.84. The van der Waals surface area contributed by atoms with Crippen molar-refractivity contribution in [2.45, 2.75) is 70.3 Å². The summed E-state index contributed by atoms with van der Waals surface area (Å²) in [5.74, 6) is 1.53. The fourth-order valence-electron chi connectivity index (χ4n) is 3.88. The molecule has 0 bridgehead atoms. The molecule has 1 atom stereocenters. The molecule has 0 N–H and O–H groups in total. The molecule has 112 valence electrons. The van der Waals surface area contributed by atoms with Gasteiger partial charge in [-0.3, -0.25) is 0 Å². The minimum absolute atomic E-state index is 0.355. The highest BCUT2D eigenvalue weighted by molar-refractivity contribution is 7.19. The molecule has 4 rings (SSSR count). The Morgan fingerprint density at radius 2 is 2.05 bits per heavy atom. The van der Waals surface area contributed by atoms with Crippen LogP contribution in [0.3, 0.4) is 0 Å². The van der Waals surface area contributed by atoms with Gasteiger partial charge in [0.05, 0.1) is 5.39 Å². The Bertz CT molecular complexity index is 646. The van der Waals surface area contributed by atoms with Gasteiger partial charge in [-0.15, -0.1) is 11.3 Å². The molecule has 2 aliphatic rings. The van der Waals surface area contributed by atoms with E-state index in [1.807, 2.05) is 11.3 Å². The minimum atomic E-state index is 0.355. The van der Waals surface area contributed by atoms with Crippen LogP contribution in [0.15, 0.2) is 6.33 Å². The number of hydrogen-bond acceptors (Lipinski definition) is 4. The number of aryl methyl sites for hydroxylation is 1. The van der Waals surface area contributed by atoms with Crippen molar-refractivity contribution < 1.29 is 4.74 Å². The van der Waals surface area contributed by atoms with Crippen molar-refractivity contribution in [1.29, 1.82) is 0 Å². The van der Waals surface area contributed by atoms with Crippen molar-refractivity contribution >= 4 is 21.6 Å². The molecule has 4 heteroatoms. The Labute approximate surface area is 129 Å². The third-order valence-electron chi connectivity index (χ3n) is 5.02. The maximum Gasteiger partial charge on any atom is 0.225 e. The van der Waals surface area contributed by atoms with E-state index < -0.39 is 0 Å². The van der Waals surface area contributed by atoms with Crippen LogP contribution in [0.4, 0.5) is 0 Å². The maximum absolute atomic E-state index is 6.30. The third kappa shape index (κ3) is 2.33. The molecule has 0 spiro atoms. The van der Waals surface area contributed by atoms with E-state index in [9.17, 15) is 0 Å². The predicted molar refractivity (Wildman–Crippen MR) is 86.3 cm³/mol. The molecule has 0 amide bonds. The molecule has 2 aromatic heterocycles. The van der Waals surface area contributed by atoms with Crippen LogP contribution in [0.1, 0.15) is 68.2 Å². The van der Waals surface area contributed by atoms with Gasteiger partial charge in [0.1, 0.15) is 17.3 Å². The number of thiophene rings is 1. The number of fused-ring (bicyclic) bond motifs is 3. The summed E-state index contributed by atoms with van der Waals surface area (Å²) in [5.41, 5.74) is 1.50.